The van der Waals surface area contributed by atoms with Crippen LogP contribution in [0.5, 0.6) is 0 Å². The minimum absolute atomic E-state index is 0.0109. The molecule has 0 saturated carbocycles. The predicted octanol–water partition coefficient (Wildman–Crippen LogP) is 2.77. The van der Waals surface area contributed by atoms with E-state index in [4.69, 9.17) is 0 Å². The highest BCUT2D eigenvalue weighted by molar-refractivity contribution is 7.89. The Labute approximate surface area is 190 Å². The summed E-state index contributed by atoms with van der Waals surface area (Å²) in [6.45, 7) is 7.62. The Hall–Kier alpha value is -2.73. The van der Waals surface area contributed by atoms with Gasteiger partial charge in [-0.1, -0.05) is 63.2 Å². The monoisotopic (exact) mass is 454 g/mol. The zero-order valence-corrected chi connectivity index (χ0v) is 19.6. The van der Waals surface area contributed by atoms with Gasteiger partial charge in [0.05, 0.1) is 17.0 Å². The van der Waals surface area contributed by atoms with E-state index in [1.54, 1.807) is 17.0 Å². The van der Waals surface area contributed by atoms with Crippen molar-refractivity contribution in [1.82, 2.24) is 14.5 Å². The molecule has 0 bridgehead atoms. The van der Waals surface area contributed by atoms with Crippen LogP contribution in [0.25, 0.3) is 0 Å². The molecule has 1 amide bonds. The maximum absolute atomic E-state index is 13.0. The van der Waals surface area contributed by atoms with Crippen LogP contribution in [-0.2, 0) is 14.8 Å². The van der Waals surface area contributed by atoms with Crippen LogP contribution >= 0.6 is 0 Å². The molecule has 1 N–H and O–H groups in total. The van der Waals surface area contributed by atoms with Crippen LogP contribution in [-0.4, -0.2) is 56.3 Å². The number of amides is 1. The van der Waals surface area contributed by atoms with Gasteiger partial charge in [0.25, 0.3) is 0 Å². The van der Waals surface area contributed by atoms with E-state index in [0.29, 0.717) is 13.1 Å². The van der Waals surface area contributed by atoms with Gasteiger partial charge in [0.1, 0.15) is 6.07 Å². The first-order valence-corrected chi connectivity index (χ1v) is 12.1. The number of piperazine rings is 1. The van der Waals surface area contributed by atoms with E-state index >= 15 is 0 Å². The summed E-state index contributed by atoms with van der Waals surface area (Å²) in [5.41, 5.74) is 1.17. The van der Waals surface area contributed by atoms with Crippen LogP contribution in [0.1, 0.15) is 37.9 Å². The number of nitrogens with one attached hydrogen (secondary N) is 1. The Morgan fingerprint density at radius 1 is 1.03 bits per heavy atom. The molecule has 8 heteroatoms. The van der Waals surface area contributed by atoms with E-state index in [0.717, 1.165) is 5.56 Å². The Morgan fingerprint density at radius 3 is 2.22 bits per heavy atom. The van der Waals surface area contributed by atoms with Gasteiger partial charge in [0, 0.05) is 32.2 Å². The third-order valence-electron chi connectivity index (χ3n) is 5.67. The fourth-order valence-corrected chi connectivity index (χ4v) is 5.54. The zero-order chi connectivity index (χ0) is 23.4. The average molecular weight is 455 g/mol. The summed E-state index contributed by atoms with van der Waals surface area (Å²) >= 11 is 0. The van der Waals surface area contributed by atoms with Crippen LogP contribution in [0.15, 0.2) is 59.5 Å². The van der Waals surface area contributed by atoms with Crippen molar-refractivity contribution in [2.24, 2.45) is 5.41 Å². The number of carbonyl (C=O) groups excluding carboxylic acids is 1. The van der Waals surface area contributed by atoms with E-state index < -0.39 is 10.0 Å². The van der Waals surface area contributed by atoms with Crippen molar-refractivity contribution in [2.75, 3.05) is 32.7 Å². The molecule has 32 heavy (non-hydrogen) atoms. The van der Waals surface area contributed by atoms with E-state index in [1.807, 2.05) is 24.3 Å². The van der Waals surface area contributed by atoms with Crippen molar-refractivity contribution in [3.63, 3.8) is 0 Å². The Balaban J connectivity index is 1.61. The first kappa shape index (κ1) is 23.9. The van der Waals surface area contributed by atoms with Crippen molar-refractivity contribution in [3.8, 4) is 6.07 Å². The first-order valence-electron chi connectivity index (χ1n) is 10.7. The summed E-state index contributed by atoms with van der Waals surface area (Å²) in [5, 5.41) is 12.6. The van der Waals surface area contributed by atoms with E-state index in [-0.39, 0.29) is 47.5 Å². The summed E-state index contributed by atoms with van der Waals surface area (Å²) in [5.74, 6) is -0.0512. The molecule has 170 valence electrons. The SMILES string of the molecule is CC(C)(C)C(NCC(=O)N1CCN(S(=O)(=O)c2ccccc2C#N)CC1)c1ccccc1. The van der Waals surface area contributed by atoms with Gasteiger partial charge in [-0.2, -0.15) is 9.57 Å². The number of rotatable bonds is 6. The molecule has 2 aromatic rings. The smallest absolute Gasteiger partial charge is 0.244 e. The van der Waals surface area contributed by atoms with Gasteiger partial charge in [-0.05, 0) is 23.1 Å². The van der Waals surface area contributed by atoms with Gasteiger partial charge in [0.2, 0.25) is 15.9 Å². The molecule has 2 aromatic carbocycles. The summed E-state index contributed by atoms with van der Waals surface area (Å²) < 4.78 is 27.3. The molecule has 1 unspecified atom stereocenters. The van der Waals surface area contributed by atoms with Gasteiger partial charge in [-0.25, -0.2) is 8.42 Å². The van der Waals surface area contributed by atoms with Gasteiger partial charge in [0.15, 0.2) is 0 Å². The molecule has 0 aromatic heterocycles. The van der Waals surface area contributed by atoms with Gasteiger partial charge >= 0.3 is 0 Å². The summed E-state index contributed by atoms with van der Waals surface area (Å²) in [7, 11) is -3.78. The average Bonchev–Trinajstić information content (AvgIpc) is 2.79. The standard InChI is InChI=1S/C24H30N4O3S/c1-24(2,3)23(19-9-5-4-6-10-19)26-18-22(29)27-13-15-28(16-14-27)32(30,31)21-12-8-7-11-20(21)17-25/h4-12,23,26H,13-16,18H2,1-3H3. The lowest BCUT2D eigenvalue weighted by Crippen LogP contribution is -2.52. The molecule has 0 spiro atoms. The second-order valence-electron chi connectivity index (χ2n) is 8.98. The third kappa shape index (κ3) is 5.36. The van der Waals surface area contributed by atoms with Crippen LogP contribution < -0.4 is 5.32 Å². The highest BCUT2D eigenvalue weighted by Crippen LogP contribution is 2.32. The minimum atomic E-state index is -3.78. The molecule has 1 aliphatic rings. The second-order valence-corrected chi connectivity index (χ2v) is 10.9. The fourth-order valence-electron chi connectivity index (χ4n) is 3.97. The van der Waals surface area contributed by atoms with Crippen LogP contribution in [0.2, 0.25) is 0 Å². The zero-order valence-electron chi connectivity index (χ0n) is 18.8. The number of hydrogen-bond acceptors (Lipinski definition) is 5. The maximum Gasteiger partial charge on any atom is 0.244 e. The molecule has 0 aliphatic carbocycles. The van der Waals surface area contributed by atoms with Crippen LogP contribution in [0.3, 0.4) is 0 Å². The topological polar surface area (TPSA) is 93.5 Å². The third-order valence-corrected chi connectivity index (χ3v) is 7.63. The van der Waals surface area contributed by atoms with Gasteiger partial charge in [-0.3, -0.25) is 4.79 Å². The van der Waals surface area contributed by atoms with Crippen LogP contribution in [0, 0.1) is 16.7 Å². The summed E-state index contributed by atoms with van der Waals surface area (Å²) in [6.07, 6.45) is 0. The molecule has 1 heterocycles. The van der Waals surface area contributed by atoms with Gasteiger partial charge < -0.3 is 10.2 Å². The summed E-state index contributed by atoms with van der Waals surface area (Å²) in [6, 6.07) is 18.2. The molecule has 1 saturated heterocycles. The van der Waals surface area contributed by atoms with Crippen molar-refractivity contribution in [3.05, 3.63) is 65.7 Å². The Bertz CT molecular complexity index is 1080. The number of carbonyl (C=O) groups is 1. The van der Waals surface area contributed by atoms with E-state index in [1.165, 1.54) is 16.4 Å². The Morgan fingerprint density at radius 2 is 1.62 bits per heavy atom. The van der Waals surface area contributed by atoms with E-state index in [9.17, 15) is 18.5 Å². The number of nitrogens with zero attached hydrogens (tertiary/aromatic N) is 3. The second kappa shape index (κ2) is 9.82. The molecule has 7 nitrogen and oxygen atoms in total. The fraction of sp³-hybridized carbons (Fsp3) is 0.417. The molecular formula is C24H30N4O3S. The van der Waals surface area contributed by atoms with Crippen molar-refractivity contribution >= 4 is 15.9 Å². The quantitative estimate of drug-likeness (QED) is 0.724. The number of benzene rings is 2. The van der Waals surface area contributed by atoms with Crippen molar-refractivity contribution < 1.29 is 13.2 Å². The summed E-state index contributed by atoms with van der Waals surface area (Å²) in [4.78, 5) is 14.5. The number of hydrogen-bond donors (Lipinski definition) is 1. The highest BCUT2D eigenvalue weighted by Gasteiger charge is 2.32. The molecule has 3 rings (SSSR count). The molecule has 1 atom stereocenters. The van der Waals surface area contributed by atoms with Gasteiger partial charge in [-0.15, -0.1) is 0 Å². The molecule has 1 aliphatic heterocycles. The molecular weight excluding hydrogens is 424 g/mol. The normalized spacial score (nSPS) is 16.4. The number of nitriles is 1. The molecule has 0 radical (unpaired) electrons. The predicted molar refractivity (Wildman–Crippen MR) is 123 cm³/mol. The van der Waals surface area contributed by atoms with Crippen molar-refractivity contribution in [1.29, 1.82) is 5.26 Å². The minimum Gasteiger partial charge on any atom is -0.339 e. The number of sulfonamides is 1. The maximum atomic E-state index is 13.0. The highest BCUT2D eigenvalue weighted by atomic mass is 32.2. The molecule has 1 fully saturated rings. The van der Waals surface area contributed by atoms with Crippen LogP contribution in [0.4, 0.5) is 0 Å². The lowest BCUT2D eigenvalue weighted by atomic mass is 9.82. The largest absolute Gasteiger partial charge is 0.339 e. The lowest BCUT2D eigenvalue weighted by molar-refractivity contribution is -0.131. The van der Waals surface area contributed by atoms with E-state index in [2.05, 4.69) is 38.2 Å². The lowest BCUT2D eigenvalue weighted by Gasteiger charge is -2.36. The first-order chi connectivity index (χ1) is 15.1. The Kier molecular flexibility index (Phi) is 7.34. The van der Waals surface area contributed by atoms with Crippen molar-refractivity contribution in [2.45, 2.75) is 31.7 Å².